The fraction of sp³-hybridized carbons (Fsp3) is 0.318. The van der Waals surface area contributed by atoms with Crippen molar-refractivity contribution in [3.8, 4) is 45.3 Å². The number of benzene rings is 2. The average Bonchev–Trinajstić information content (AvgIpc) is 3.62. The van der Waals surface area contributed by atoms with Crippen molar-refractivity contribution in [2.24, 2.45) is 5.92 Å². The molecule has 290 valence electrons. The molecule has 0 unspecified atom stereocenters. The monoisotopic (exact) mass is 758 g/mol. The van der Waals surface area contributed by atoms with Gasteiger partial charge in [-0.25, -0.2) is 18.7 Å². The molecule has 0 spiro atoms. The highest BCUT2D eigenvalue weighted by molar-refractivity contribution is 5.97. The van der Waals surface area contributed by atoms with Gasteiger partial charge in [-0.1, -0.05) is 0 Å². The SMILES string of the molecule is CC(C)(C)NC(=O)c1cc(-c2ccc(F)cc2)nc(-c2ccnn2CC2CC2)c1.CCn1nccc1-c1cc(C(=O)NC(C)(C)C)cc(-c2ccc(F)cc2)n1. The number of rotatable bonds is 9. The number of halogens is 2. The molecule has 0 saturated heterocycles. The Morgan fingerprint density at radius 1 is 0.625 bits per heavy atom. The molecule has 4 aromatic heterocycles. The average molecular weight is 759 g/mol. The number of carbonyl (C=O) groups excluding carboxylic acids is 2. The predicted molar refractivity (Wildman–Crippen MR) is 215 cm³/mol. The molecule has 1 aliphatic carbocycles. The van der Waals surface area contributed by atoms with Gasteiger partial charge < -0.3 is 10.6 Å². The van der Waals surface area contributed by atoms with E-state index in [1.165, 1.54) is 37.1 Å². The molecule has 0 radical (unpaired) electrons. The van der Waals surface area contributed by atoms with E-state index in [1.54, 1.807) is 60.9 Å². The largest absolute Gasteiger partial charge is 0.347 e. The summed E-state index contributed by atoms with van der Waals surface area (Å²) in [5.41, 5.74) is 6.07. The van der Waals surface area contributed by atoms with Crippen LogP contribution in [0.25, 0.3) is 45.3 Å². The molecule has 2 aromatic carbocycles. The topological polar surface area (TPSA) is 120 Å². The Balaban J connectivity index is 0.000000190. The number of carbonyl (C=O) groups is 2. The number of nitrogens with zero attached hydrogens (tertiary/aromatic N) is 6. The van der Waals surface area contributed by atoms with Crippen LogP contribution in [0.3, 0.4) is 0 Å². The number of nitrogens with one attached hydrogen (secondary N) is 2. The zero-order chi connectivity index (χ0) is 40.2. The normalized spacial score (nSPS) is 12.8. The summed E-state index contributed by atoms with van der Waals surface area (Å²) in [5, 5.41) is 14.7. The smallest absolute Gasteiger partial charge is 0.251 e. The molecule has 0 atom stereocenters. The minimum absolute atomic E-state index is 0.169. The van der Waals surface area contributed by atoms with Crippen molar-refractivity contribution >= 4 is 11.8 Å². The molecular formula is C44H48F2N8O2. The summed E-state index contributed by atoms with van der Waals surface area (Å²) in [5.74, 6) is -0.310. The molecule has 6 aromatic rings. The minimum atomic E-state index is -0.359. The second-order valence-electron chi connectivity index (χ2n) is 16.0. The molecule has 7 rings (SSSR count). The first kappa shape index (κ1) is 39.6. The van der Waals surface area contributed by atoms with Gasteiger partial charge in [-0.2, -0.15) is 10.2 Å². The lowest BCUT2D eigenvalue weighted by molar-refractivity contribution is 0.0910. The van der Waals surface area contributed by atoms with Crippen LogP contribution in [0.15, 0.2) is 97.3 Å². The van der Waals surface area contributed by atoms with Crippen molar-refractivity contribution in [1.82, 2.24) is 40.2 Å². The summed E-state index contributed by atoms with van der Waals surface area (Å²) in [7, 11) is 0. The summed E-state index contributed by atoms with van der Waals surface area (Å²) in [6.07, 6.45) is 5.92. The lowest BCUT2D eigenvalue weighted by Gasteiger charge is -2.21. The second-order valence-corrected chi connectivity index (χ2v) is 16.0. The van der Waals surface area contributed by atoms with Crippen LogP contribution in [0, 0.1) is 17.6 Å². The van der Waals surface area contributed by atoms with Gasteiger partial charge in [0.1, 0.15) is 11.6 Å². The van der Waals surface area contributed by atoms with E-state index in [4.69, 9.17) is 9.97 Å². The van der Waals surface area contributed by atoms with Gasteiger partial charge >= 0.3 is 0 Å². The molecule has 10 nitrogen and oxygen atoms in total. The molecule has 12 heteroatoms. The Kier molecular flexibility index (Phi) is 11.6. The first-order chi connectivity index (χ1) is 26.5. The Morgan fingerprint density at radius 2 is 1.02 bits per heavy atom. The zero-order valence-electron chi connectivity index (χ0n) is 32.9. The van der Waals surface area contributed by atoms with Crippen LogP contribution in [0.1, 0.15) is 82.0 Å². The predicted octanol–water partition coefficient (Wildman–Crippen LogP) is 8.99. The zero-order valence-corrected chi connectivity index (χ0v) is 32.9. The second kappa shape index (κ2) is 16.4. The summed E-state index contributed by atoms with van der Waals surface area (Å²) in [6.45, 7) is 15.2. The molecule has 1 fully saturated rings. The number of aryl methyl sites for hydroxylation is 1. The van der Waals surface area contributed by atoms with Gasteiger partial charge in [0.05, 0.1) is 34.2 Å². The quantitative estimate of drug-likeness (QED) is 0.152. The molecule has 2 amide bonds. The third-order valence-electron chi connectivity index (χ3n) is 8.82. The molecule has 4 heterocycles. The molecular weight excluding hydrogens is 711 g/mol. The van der Waals surface area contributed by atoms with Crippen LogP contribution in [0.4, 0.5) is 8.78 Å². The molecule has 56 heavy (non-hydrogen) atoms. The van der Waals surface area contributed by atoms with Gasteiger partial charge in [-0.3, -0.25) is 19.0 Å². The van der Waals surface area contributed by atoms with E-state index in [9.17, 15) is 18.4 Å². The highest BCUT2D eigenvalue weighted by Crippen LogP contribution is 2.33. The summed E-state index contributed by atoms with van der Waals surface area (Å²) in [6, 6.07) is 23.1. The Bertz CT molecular complexity index is 2310. The van der Waals surface area contributed by atoms with Crippen molar-refractivity contribution in [1.29, 1.82) is 0 Å². The lowest BCUT2D eigenvalue weighted by atomic mass is 10.0. The first-order valence-electron chi connectivity index (χ1n) is 18.8. The summed E-state index contributed by atoms with van der Waals surface area (Å²) in [4.78, 5) is 35.1. The first-order valence-corrected chi connectivity index (χ1v) is 18.8. The summed E-state index contributed by atoms with van der Waals surface area (Å²) >= 11 is 0. The van der Waals surface area contributed by atoms with E-state index in [2.05, 4.69) is 20.8 Å². The van der Waals surface area contributed by atoms with E-state index < -0.39 is 0 Å². The Hall–Kier alpha value is -6.04. The third kappa shape index (κ3) is 10.4. The third-order valence-corrected chi connectivity index (χ3v) is 8.82. The van der Waals surface area contributed by atoms with Crippen LogP contribution in [-0.2, 0) is 13.1 Å². The van der Waals surface area contributed by atoms with Crippen LogP contribution >= 0.6 is 0 Å². The lowest BCUT2D eigenvalue weighted by Crippen LogP contribution is -2.40. The van der Waals surface area contributed by atoms with Crippen LogP contribution in [0.2, 0.25) is 0 Å². The van der Waals surface area contributed by atoms with Gasteiger partial charge in [-0.15, -0.1) is 0 Å². The molecule has 1 aliphatic rings. The van der Waals surface area contributed by atoms with Crippen molar-refractivity contribution in [3.63, 3.8) is 0 Å². The molecule has 0 aliphatic heterocycles. The van der Waals surface area contributed by atoms with Crippen molar-refractivity contribution in [3.05, 3.63) is 120 Å². The van der Waals surface area contributed by atoms with Crippen molar-refractivity contribution in [2.75, 3.05) is 0 Å². The van der Waals surface area contributed by atoms with E-state index >= 15 is 0 Å². The number of aromatic nitrogens is 6. The maximum absolute atomic E-state index is 13.4. The number of amides is 2. The highest BCUT2D eigenvalue weighted by atomic mass is 19.1. The van der Waals surface area contributed by atoms with Crippen LogP contribution in [-0.4, -0.2) is 52.4 Å². The fourth-order valence-electron chi connectivity index (χ4n) is 5.99. The maximum Gasteiger partial charge on any atom is 0.251 e. The number of hydrogen-bond acceptors (Lipinski definition) is 6. The molecule has 2 N–H and O–H groups in total. The van der Waals surface area contributed by atoms with Crippen LogP contribution < -0.4 is 10.6 Å². The molecule has 0 bridgehead atoms. The van der Waals surface area contributed by atoms with Gasteiger partial charge in [0.2, 0.25) is 0 Å². The number of hydrogen-bond donors (Lipinski definition) is 2. The Labute approximate surface area is 326 Å². The Morgan fingerprint density at radius 3 is 1.41 bits per heavy atom. The van der Waals surface area contributed by atoms with E-state index in [0.717, 1.165) is 29.1 Å². The standard InChI is InChI=1S/C23H25FN4O.C21H23FN4O/c1-23(2,3)27-22(29)17-12-19(16-6-8-18(24)9-7-16)26-20(13-17)21-10-11-25-28(21)14-15-4-5-15;1-5-26-19(10-11-23-26)18-13-15(20(27)25-21(2,3)4)12-17(24-18)14-6-8-16(22)9-7-14/h6-13,15H,4-5,14H2,1-3H3,(H,27,29);6-13H,5H2,1-4H3,(H,25,27). The van der Waals surface area contributed by atoms with Crippen LogP contribution in [0.5, 0.6) is 0 Å². The van der Waals surface area contributed by atoms with E-state index in [0.29, 0.717) is 46.4 Å². The fourth-order valence-corrected chi connectivity index (χ4v) is 5.99. The highest BCUT2D eigenvalue weighted by Gasteiger charge is 2.25. The number of pyridine rings is 2. The van der Waals surface area contributed by atoms with E-state index in [1.807, 2.05) is 70.0 Å². The minimum Gasteiger partial charge on any atom is -0.347 e. The maximum atomic E-state index is 13.4. The van der Waals surface area contributed by atoms with Crippen molar-refractivity contribution in [2.45, 2.75) is 85.5 Å². The van der Waals surface area contributed by atoms with E-state index in [-0.39, 0.29) is 34.5 Å². The molecule has 1 saturated carbocycles. The van der Waals surface area contributed by atoms with Gasteiger partial charge in [0.15, 0.2) is 0 Å². The van der Waals surface area contributed by atoms with Gasteiger partial charge in [-0.05, 0) is 152 Å². The summed E-state index contributed by atoms with van der Waals surface area (Å²) < 4.78 is 30.5. The van der Waals surface area contributed by atoms with Crippen molar-refractivity contribution < 1.29 is 18.4 Å². The van der Waals surface area contributed by atoms with Gasteiger partial charge in [0, 0.05) is 58.8 Å². The van der Waals surface area contributed by atoms with Gasteiger partial charge in [0.25, 0.3) is 11.8 Å².